The van der Waals surface area contributed by atoms with Gasteiger partial charge < -0.3 is 53.5 Å². The Balaban J connectivity index is 1.16. The van der Waals surface area contributed by atoms with Crippen LogP contribution in [0.4, 0.5) is 0 Å². The van der Waals surface area contributed by atoms with Crippen molar-refractivity contribution in [3.05, 3.63) is 191 Å². The number of hydrogen-bond acceptors (Lipinski definition) is 12. The van der Waals surface area contributed by atoms with Crippen LogP contribution in [0, 0.1) is 0 Å². The van der Waals surface area contributed by atoms with E-state index < -0.39 is 0 Å². The van der Waals surface area contributed by atoms with Gasteiger partial charge in [0, 0.05) is 66.7 Å². The van der Waals surface area contributed by atoms with Gasteiger partial charge in [0.15, 0.2) is 0 Å². The number of ether oxygens (including phenoxy) is 6. The summed E-state index contributed by atoms with van der Waals surface area (Å²) in [5.74, 6) is 4.54. The minimum Gasteiger partial charge on any atom is -0.492 e. The molecule has 87 heavy (non-hydrogen) atoms. The SMILES string of the molecule is CCCN(CCC)CCOc1ccc(Cc2c(OCCO)ccc3ccccc23)cc1-c1cccc2c(Cc3ccc(OCCN(CC)CC)c(-c4cc(OCCO)c(Cc5ccc(OCCN(C)C)cc5)c5ccccc45)c3)c(OCCO)ccc12. The third-order valence-corrected chi connectivity index (χ3v) is 16.1. The van der Waals surface area contributed by atoms with Crippen molar-refractivity contribution in [2.75, 3.05) is 119 Å². The van der Waals surface area contributed by atoms with E-state index >= 15 is 0 Å². The summed E-state index contributed by atoms with van der Waals surface area (Å²) in [4.78, 5) is 6.94. The molecule has 0 saturated heterocycles. The van der Waals surface area contributed by atoms with Gasteiger partial charge >= 0.3 is 0 Å². The summed E-state index contributed by atoms with van der Waals surface area (Å²) < 4.78 is 39.0. The van der Waals surface area contributed by atoms with Gasteiger partial charge in [0.2, 0.25) is 0 Å². The molecular weight excluding hydrogens is 1090 g/mol. The molecule has 0 aliphatic heterocycles. The number of aliphatic hydroxyl groups excluding tert-OH is 3. The van der Waals surface area contributed by atoms with Crippen molar-refractivity contribution in [1.29, 1.82) is 0 Å². The van der Waals surface area contributed by atoms with E-state index in [0.717, 1.165) is 170 Å². The van der Waals surface area contributed by atoms with Crippen LogP contribution in [0.1, 0.15) is 73.9 Å². The van der Waals surface area contributed by atoms with Crippen LogP contribution in [-0.2, 0) is 19.3 Å². The third kappa shape index (κ3) is 16.5. The molecule has 9 aromatic carbocycles. The Hall–Kier alpha value is -7.68. The van der Waals surface area contributed by atoms with Crippen LogP contribution < -0.4 is 28.4 Å². The summed E-state index contributed by atoms with van der Waals surface area (Å²) in [7, 11) is 4.08. The summed E-state index contributed by atoms with van der Waals surface area (Å²) in [6.45, 7) is 16.9. The maximum absolute atomic E-state index is 10.2. The number of nitrogens with zero attached hydrogens (tertiary/aromatic N) is 3. The predicted octanol–water partition coefficient (Wildman–Crippen LogP) is 13.5. The summed E-state index contributed by atoms with van der Waals surface area (Å²) in [5, 5.41) is 36.6. The molecule has 0 atom stereocenters. The normalized spacial score (nSPS) is 11.6. The van der Waals surface area contributed by atoms with Crippen molar-refractivity contribution < 1.29 is 43.7 Å². The topological polar surface area (TPSA) is 126 Å². The van der Waals surface area contributed by atoms with E-state index in [1.807, 2.05) is 38.4 Å². The lowest BCUT2D eigenvalue weighted by Crippen LogP contribution is -2.30. The molecule has 0 amide bonds. The van der Waals surface area contributed by atoms with Crippen LogP contribution in [0.5, 0.6) is 34.5 Å². The second-order valence-corrected chi connectivity index (χ2v) is 22.4. The lowest BCUT2D eigenvalue weighted by atomic mass is 9.88. The van der Waals surface area contributed by atoms with Crippen LogP contribution in [0.2, 0.25) is 0 Å². The Kier molecular flexibility index (Phi) is 23.7. The van der Waals surface area contributed by atoms with Crippen molar-refractivity contribution in [1.82, 2.24) is 14.7 Å². The average molecular weight is 1180 g/mol. The molecule has 0 fully saturated rings. The average Bonchev–Trinajstić information content (AvgIpc) is 1.83. The van der Waals surface area contributed by atoms with E-state index in [0.29, 0.717) is 50.6 Å². The molecule has 0 heterocycles. The first-order valence-electron chi connectivity index (χ1n) is 31.3. The third-order valence-electron chi connectivity index (χ3n) is 16.1. The van der Waals surface area contributed by atoms with Crippen LogP contribution in [-0.4, -0.2) is 149 Å². The summed E-state index contributed by atoms with van der Waals surface area (Å²) in [6.07, 6.45) is 3.85. The molecule has 0 saturated carbocycles. The quantitative estimate of drug-likeness (QED) is 0.0350. The van der Waals surface area contributed by atoms with Gasteiger partial charge in [-0.1, -0.05) is 131 Å². The highest BCUT2D eigenvalue weighted by Gasteiger charge is 2.22. The summed E-state index contributed by atoms with van der Waals surface area (Å²) >= 11 is 0. The lowest BCUT2D eigenvalue weighted by Gasteiger charge is -2.22. The smallest absolute Gasteiger partial charge is 0.127 e. The Morgan fingerprint density at radius 1 is 0.333 bits per heavy atom. The highest BCUT2D eigenvalue weighted by molar-refractivity contribution is 6.03. The molecule has 9 aromatic rings. The molecule has 9 rings (SSSR count). The van der Waals surface area contributed by atoms with Crippen molar-refractivity contribution in [3.63, 3.8) is 0 Å². The van der Waals surface area contributed by atoms with Gasteiger partial charge in [-0.2, -0.15) is 0 Å². The van der Waals surface area contributed by atoms with E-state index in [1.54, 1.807) is 0 Å². The molecule has 0 aromatic heterocycles. The molecule has 458 valence electrons. The summed E-state index contributed by atoms with van der Waals surface area (Å²) in [5.41, 5.74) is 10.2. The van der Waals surface area contributed by atoms with Crippen molar-refractivity contribution in [3.8, 4) is 56.8 Å². The van der Waals surface area contributed by atoms with Gasteiger partial charge in [0.1, 0.15) is 74.1 Å². The van der Waals surface area contributed by atoms with Gasteiger partial charge in [0.05, 0.1) is 19.8 Å². The monoisotopic (exact) mass is 1180 g/mol. The van der Waals surface area contributed by atoms with Crippen LogP contribution in [0.3, 0.4) is 0 Å². The Morgan fingerprint density at radius 2 is 0.793 bits per heavy atom. The van der Waals surface area contributed by atoms with E-state index in [2.05, 4.69) is 176 Å². The van der Waals surface area contributed by atoms with Crippen LogP contribution >= 0.6 is 0 Å². The minimum atomic E-state index is -0.132. The minimum absolute atomic E-state index is 0.0800. The Morgan fingerprint density at radius 3 is 1.39 bits per heavy atom. The second kappa shape index (κ2) is 32.3. The first kappa shape index (κ1) is 63.8. The lowest BCUT2D eigenvalue weighted by molar-refractivity contribution is 0.200. The number of rotatable bonds is 35. The Bertz CT molecular complexity index is 3630. The van der Waals surface area contributed by atoms with E-state index in [4.69, 9.17) is 28.4 Å². The number of fused-ring (bicyclic) bond motifs is 3. The fourth-order valence-electron chi connectivity index (χ4n) is 11.8. The van der Waals surface area contributed by atoms with Crippen LogP contribution in [0.15, 0.2) is 158 Å². The number of likely N-dealkylation sites (N-methyl/N-ethyl adjacent to an activating group) is 2. The van der Waals surface area contributed by atoms with Gasteiger partial charge in [-0.3, -0.25) is 4.90 Å². The van der Waals surface area contributed by atoms with Crippen molar-refractivity contribution in [2.45, 2.75) is 59.8 Å². The van der Waals surface area contributed by atoms with E-state index in [1.165, 1.54) is 0 Å². The highest BCUT2D eigenvalue weighted by Crippen LogP contribution is 2.45. The molecule has 0 bridgehead atoms. The van der Waals surface area contributed by atoms with Gasteiger partial charge in [-0.15, -0.1) is 0 Å². The van der Waals surface area contributed by atoms with Gasteiger partial charge in [-0.05, 0) is 168 Å². The fourth-order valence-corrected chi connectivity index (χ4v) is 11.8. The first-order valence-corrected chi connectivity index (χ1v) is 31.3. The predicted molar refractivity (Wildman–Crippen MR) is 355 cm³/mol. The second-order valence-electron chi connectivity index (χ2n) is 22.4. The van der Waals surface area contributed by atoms with E-state index in [-0.39, 0.29) is 39.6 Å². The molecule has 0 radical (unpaired) electrons. The first-order chi connectivity index (χ1) is 42.7. The van der Waals surface area contributed by atoms with E-state index in [9.17, 15) is 15.3 Å². The summed E-state index contributed by atoms with van der Waals surface area (Å²) in [6, 6.07) is 55.1. The molecule has 3 N–H and O–H groups in total. The number of aliphatic hydroxyl groups is 3. The van der Waals surface area contributed by atoms with Crippen molar-refractivity contribution in [2.24, 2.45) is 0 Å². The highest BCUT2D eigenvalue weighted by atomic mass is 16.5. The Labute approximate surface area is 515 Å². The molecule has 0 aliphatic rings. The standard InChI is InChI=1S/C75H89N3O9/c1-7-34-78(35-8-2)38-44-84-71-30-24-55(49-66-59-17-12-11-16-57(59)26-32-73(66)85-45-39-79)50-67(71)62-20-15-21-63-64(62)29-33-74(86-46-40-80)68(63)51-56-25-31-72(83-43-37-77(9-3)10-4)70(52-56)65-53-75(87-47-41-81)69(61-19-14-13-18-60(61)65)48-54-22-27-58(28-23-54)82-42-36-76(5)6/h11-33,50,52-53,79-81H,7-10,34-49,51H2,1-6H3. The molecular formula is C75H89N3O9. The van der Waals surface area contributed by atoms with Crippen LogP contribution in [0.25, 0.3) is 54.6 Å². The zero-order valence-corrected chi connectivity index (χ0v) is 52.0. The zero-order valence-electron chi connectivity index (χ0n) is 52.0. The largest absolute Gasteiger partial charge is 0.492 e. The van der Waals surface area contributed by atoms with Gasteiger partial charge in [0.25, 0.3) is 0 Å². The molecule has 0 unspecified atom stereocenters. The zero-order chi connectivity index (χ0) is 60.9. The molecule has 0 spiro atoms. The fraction of sp³-hybridized carbons (Fsp3) is 0.360. The molecule has 12 nitrogen and oxygen atoms in total. The van der Waals surface area contributed by atoms with Crippen molar-refractivity contribution >= 4 is 32.3 Å². The number of hydrogen-bond donors (Lipinski definition) is 3. The van der Waals surface area contributed by atoms with Gasteiger partial charge in [-0.25, -0.2) is 0 Å². The maximum Gasteiger partial charge on any atom is 0.127 e. The maximum atomic E-state index is 10.2. The molecule has 12 heteroatoms. The molecule has 0 aliphatic carbocycles. The number of benzene rings is 9.